The van der Waals surface area contributed by atoms with Crippen LogP contribution in [-0.4, -0.2) is 22.8 Å². The van der Waals surface area contributed by atoms with Crippen molar-refractivity contribution >= 4 is 22.5 Å². The molecule has 24 heavy (non-hydrogen) atoms. The van der Waals surface area contributed by atoms with E-state index in [0.717, 1.165) is 17.3 Å². The number of benzene rings is 1. The Morgan fingerprint density at radius 2 is 2.00 bits per heavy atom. The van der Waals surface area contributed by atoms with Crippen LogP contribution in [-0.2, 0) is 6.42 Å². The van der Waals surface area contributed by atoms with Gasteiger partial charge in [0.05, 0.1) is 0 Å². The van der Waals surface area contributed by atoms with Crippen molar-refractivity contribution in [3.05, 3.63) is 40.9 Å². The highest BCUT2D eigenvalue weighted by Crippen LogP contribution is 2.29. The Balaban J connectivity index is 1.44. The van der Waals surface area contributed by atoms with Crippen LogP contribution in [0.4, 0.5) is 9.93 Å². The van der Waals surface area contributed by atoms with Gasteiger partial charge < -0.3 is 5.32 Å². The number of aromatic nitrogens is 2. The molecular formula is C18H24N4OS. The minimum Gasteiger partial charge on any atom is -0.337 e. The van der Waals surface area contributed by atoms with E-state index in [0.29, 0.717) is 11.7 Å². The molecule has 1 aliphatic carbocycles. The number of hydrogen-bond donors (Lipinski definition) is 2. The third-order valence-electron chi connectivity index (χ3n) is 4.56. The zero-order valence-corrected chi connectivity index (χ0v) is 14.8. The van der Waals surface area contributed by atoms with E-state index in [4.69, 9.17) is 0 Å². The van der Waals surface area contributed by atoms with Crippen molar-refractivity contribution < 1.29 is 4.79 Å². The van der Waals surface area contributed by atoms with E-state index in [9.17, 15) is 4.79 Å². The van der Waals surface area contributed by atoms with Gasteiger partial charge >= 0.3 is 6.03 Å². The molecule has 1 aromatic carbocycles. The van der Waals surface area contributed by atoms with Crippen LogP contribution >= 0.6 is 11.3 Å². The fourth-order valence-corrected chi connectivity index (χ4v) is 3.98. The van der Waals surface area contributed by atoms with Gasteiger partial charge in [0.1, 0.15) is 5.01 Å². The largest absolute Gasteiger partial charge is 0.337 e. The lowest BCUT2D eigenvalue weighted by atomic mass is 10.0. The number of hydrogen-bond acceptors (Lipinski definition) is 4. The zero-order valence-electron chi connectivity index (χ0n) is 14.0. The lowest BCUT2D eigenvalue weighted by Gasteiger charge is -2.12. The van der Waals surface area contributed by atoms with Crippen LogP contribution in [0.15, 0.2) is 30.3 Å². The molecule has 6 heteroatoms. The van der Waals surface area contributed by atoms with E-state index in [1.165, 1.54) is 42.6 Å². The smallest absolute Gasteiger partial charge is 0.321 e. The van der Waals surface area contributed by atoms with Crippen LogP contribution in [0.1, 0.15) is 49.1 Å². The molecule has 128 valence electrons. The Morgan fingerprint density at radius 1 is 1.25 bits per heavy atom. The molecule has 2 aromatic rings. The molecule has 1 aromatic heterocycles. The minimum atomic E-state index is -0.221. The van der Waals surface area contributed by atoms with Crippen molar-refractivity contribution in [2.75, 3.05) is 11.9 Å². The standard InChI is InChI=1S/C18H24N4OS/c1-13(15-9-3-2-4-10-15)12-19-17(23)20-18-22-21-16(24-18)11-14-7-5-6-8-14/h2-4,9-10,13-14H,5-8,11-12H2,1H3,(H2,19,20,22,23). The third-order valence-corrected chi connectivity index (χ3v) is 5.42. The van der Waals surface area contributed by atoms with Gasteiger partial charge in [-0.25, -0.2) is 4.79 Å². The Labute approximate surface area is 146 Å². The Morgan fingerprint density at radius 3 is 2.75 bits per heavy atom. The maximum absolute atomic E-state index is 12.0. The van der Waals surface area contributed by atoms with Gasteiger partial charge in [-0.15, -0.1) is 10.2 Å². The zero-order chi connectivity index (χ0) is 16.8. The number of urea groups is 1. The Hall–Kier alpha value is -1.95. The van der Waals surface area contributed by atoms with Gasteiger partial charge in [0.2, 0.25) is 5.13 Å². The first-order valence-corrected chi connectivity index (χ1v) is 9.44. The molecule has 1 unspecified atom stereocenters. The number of amides is 2. The predicted octanol–water partition coefficient (Wildman–Crippen LogP) is 4.20. The van der Waals surface area contributed by atoms with Crippen LogP contribution in [0, 0.1) is 5.92 Å². The van der Waals surface area contributed by atoms with Crippen LogP contribution in [0.25, 0.3) is 0 Å². The molecule has 1 fully saturated rings. The summed E-state index contributed by atoms with van der Waals surface area (Å²) < 4.78 is 0. The average molecular weight is 344 g/mol. The molecule has 2 N–H and O–H groups in total. The van der Waals surface area contributed by atoms with Gasteiger partial charge in [-0.3, -0.25) is 5.32 Å². The SMILES string of the molecule is CC(CNC(=O)Nc1nnc(CC2CCCC2)s1)c1ccccc1. The summed E-state index contributed by atoms with van der Waals surface area (Å²) in [5.74, 6) is 1.01. The Kier molecular flexibility index (Phi) is 5.80. The van der Waals surface area contributed by atoms with E-state index in [2.05, 4.69) is 39.9 Å². The number of carbonyl (C=O) groups is 1. The molecule has 2 amide bonds. The summed E-state index contributed by atoms with van der Waals surface area (Å²) in [6, 6.07) is 9.95. The summed E-state index contributed by atoms with van der Waals surface area (Å²) in [6.45, 7) is 2.68. The first-order chi connectivity index (χ1) is 11.7. The second kappa shape index (κ2) is 8.24. The number of rotatable bonds is 6. The van der Waals surface area contributed by atoms with Crippen LogP contribution < -0.4 is 10.6 Å². The van der Waals surface area contributed by atoms with Gasteiger partial charge in [0.25, 0.3) is 0 Å². The lowest BCUT2D eigenvalue weighted by Crippen LogP contribution is -2.31. The molecule has 0 saturated heterocycles. The van der Waals surface area contributed by atoms with Crippen LogP contribution in [0.3, 0.4) is 0 Å². The second-order valence-electron chi connectivity index (χ2n) is 6.50. The fourth-order valence-electron chi connectivity index (χ4n) is 3.13. The van der Waals surface area contributed by atoms with E-state index in [1.807, 2.05) is 18.2 Å². The fraction of sp³-hybridized carbons (Fsp3) is 0.500. The van der Waals surface area contributed by atoms with Gasteiger partial charge in [0.15, 0.2) is 0 Å². The monoisotopic (exact) mass is 344 g/mol. The Bertz CT molecular complexity index is 652. The molecule has 3 rings (SSSR count). The van der Waals surface area contributed by atoms with Crippen molar-refractivity contribution in [2.24, 2.45) is 5.92 Å². The van der Waals surface area contributed by atoms with Crippen LogP contribution in [0.5, 0.6) is 0 Å². The number of nitrogens with one attached hydrogen (secondary N) is 2. The number of nitrogens with zero attached hydrogens (tertiary/aromatic N) is 2. The van der Waals surface area contributed by atoms with Gasteiger partial charge in [0, 0.05) is 13.0 Å². The molecule has 1 saturated carbocycles. The predicted molar refractivity (Wildman–Crippen MR) is 97.4 cm³/mol. The van der Waals surface area contributed by atoms with Crippen LogP contribution in [0.2, 0.25) is 0 Å². The van der Waals surface area contributed by atoms with E-state index in [1.54, 1.807) is 0 Å². The molecule has 0 aliphatic heterocycles. The summed E-state index contributed by atoms with van der Waals surface area (Å²) >= 11 is 1.48. The molecule has 0 spiro atoms. The maximum Gasteiger partial charge on any atom is 0.321 e. The summed E-state index contributed by atoms with van der Waals surface area (Å²) in [7, 11) is 0. The minimum absolute atomic E-state index is 0.221. The highest BCUT2D eigenvalue weighted by atomic mass is 32.1. The quantitative estimate of drug-likeness (QED) is 0.825. The maximum atomic E-state index is 12.0. The topological polar surface area (TPSA) is 66.9 Å². The summed E-state index contributed by atoms with van der Waals surface area (Å²) in [6.07, 6.45) is 6.24. The van der Waals surface area contributed by atoms with Crippen molar-refractivity contribution in [3.63, 3.8) is 0 Å². The van der Waals surface area contributed by atoms with Gasteiger partial charge in [-0.1, -0.05) is 74.3 Å². The van der Waals surface area contributed by atoms with Gasteiger partial charge in [-0.05, 0) is 17.4 Å². The highest BCUT2D eigenvalue weighted by Gasteiger charge is 2.18. The van der Waals surface area contributed by atoms with E-state index in [-0.39, 0.29) is 11.9 Å². The molecule has 5 nitrogen and oxygen atoms in total. The van der Waals surface area contributed by atoms with Crippen molar-refractivity contribution in [3.8, 4) is 0 Å². The third kappa shape index (κ3) is 4.77. The first kappa shape index (κ1) is 16.9. The van der Waals surface area contributed by atoms with Crippen molar-refractivity contribution in [2.45, 2.75) is 44.9 Å². The second-order valence-corrected chi connectivity index (χ2v) is 7.56. The lowest BCUT2D eigenvalue weighted by molar-refractivity contribution is 0.251. The summed E-state index contributed by atoms with van der Waals surface area (Å²) in [4.78, 5) is 12.0. The molecule has 0 bridgehead atoms. The molecule has 1 atom stereocenters. The van der Waals surface area contributed by atoms with E-state index < -0.39 is 0 Å². The molecule has 1 aliphatic rings. The number of anilines is 1. The van der Waals surface area contributed by atoms with Gasteiger partial charge in [-0.2, -0.15) is 0 Å². The normalized spacial score (nSPS) is 16.0. The molecule has 0 radical (unpaired) electrons. The number of carbonyl (C=O) groups excluding carboxylic acids is 1. The molecular weight excluding hydrogens is 320 g/mol. The van der Waals surface area contributed by atoms with Crippen molar-refractivity contribution in [1.82, 2.24) is 15.5 Å². The van der Waals surface area contributed by atoms with Crippen molar-refractivity contribution in [1.29, 1.82) is 0 Å². The van der Waals surface area contributed by atoms with E-state index >= 15 is 0 Å². The summed E-state index contributed by atoms with van der Waals surface area (Å²) in [5.41, 5.74) is 1.22. The molecule has 1 heterocycles. The first-order valence-electron chi connectivity index (χ1n) is 8.63. The average Bonchev–Trinajstić information content (AvgIpc) is 3.26. The summed E-state index contributed by atoms with van der Waals surface area (Å²) in [5, 5.41) is 15.6. The highest BCUT2D eigenvalue weighted by molar-refractivity contribution is 7.15.